The zero-order valence-electron chi connectivity index (χ0n) is 12.6. The van der Waals surface area contributed by atoms with Crippen LogP contribution in [0.5, 0.6) is 0 Å². The Balaban J connectivity index is 1.92. The van der Waals surface area contributed by atoms with Crippen molar-refractivity contribution in [3.63, 3.8) is 0 Å². The number of anilines is 2. The van der Waals surface area contributed by atoms with Crippen LogP contribution in [0.2, 0.25) is 0 Å². The lowest BCUT2D eigenvalue weighted by Crippen LogP contribution is -2.44. The van der Waals surface area contributed by atoms with E-state index in [-0.39, 0.29) is 5.91 Å². The van der Waals surface area contributed by atoms with Gasteiger partial charge in [-0.15, -0.1) is 0 Å². The predicted molar refractivity (Wildman–Crippen MR) is 82.6 cm³/mol. The summed E-state index contributed by atoms with van der Waals surface area (Å²) in [5.74, 6) is 0.150. The molecule has 0 N–H and O–H groups in total. The van der Waals surface area contributed by atoms with E-state index in [1.54, 1.807) is 6.92 Å². The number of amides is 1. The first-order valence-corrected chi connectivity index (χ1v) is 7.41. The number of fused-ring (bicyclic) bond motifs is 1. The second-order valence-electron chi connectivity index (χ2n) is 5.98. The molecule has 0 saturated carbocycles. The molecule has 20 heavy (non-hydrogen) atoms. The van der Waals surface area contributed by atoms with Crippen LogP contribution in [0.25, 0.3) is 0 Å². The fraction of sp³-hybridized carbons (Fsp3) is 0.562. The SMILES string of the molecule is CC(=O)N1CCc2cc(C)c(N3CCN(C)CC3)cc21. The summed E-state index contributed by atoms with van der Waals surface area (Å²) in [7, 11) is 2.17. The maximum absolute atomic E-state index is 11.7. The van der Waals surface area contributed by atoms with E-state index >= 15 is 0 Å². The van der Waals surface area contributed by atoms with Gasteiger partial charge in [0.1, 0.15) is 0 Å². The smallest absolute Gasteiger partial charge is 0.223 e. The first kappa shape index (κ1) is 13.4. The number of aryl methyl sites for hydroxylation is 1. The summed E-state index contributed by atoms with van der Waals surface area (Å²) < 4.78 is 0. The van der Waals surface area contributed by atoms with Crippen LogP contribution in [0.15, 0.2) is 12.1 Å². The molecule has 4 heteroatoms. The summed E-state index contributed by atoms with van der Waals surface area (Å²) in [4.78, 5) is 18.5. The minimum Gasteiger partial charge on any atom is -0.369 e. The molecule has 0 spiro atoms. The Hall–Kier alpha value is -1.55. The third-order valence-electron chi connectivity index (χ3n) is 4.52. The second kappa shape index (κ2) is 5.09. The average molecular weight is 273 g/mol. The monoisotopic (exact) mass is 273 g/mol. The van der Waals surface area contributed by atoms with Gasteiger partial charge < -0.3 is 14.7 Å². The standard InChI is InChI=1S/C16H23N3O/c1-12-10-14-4-5-19(13(2)20)16(14)11-15(12)18-8-6-17(3)7-9-18/h10-11H,4-9H2,1-3H3. The van der Waals surface area contributed by atoms with Crippen molar-refractivity contribution in [1.82, 2.24) is 4.90 Å². The van der Waals surface area contributed by atoms with Crippen molar-refractivity contribution in [2.75, 3.05) is 49.6 Å². The van der Waals surface area contributed by atoms with E-state index in [2.05, 4.69) is 35.9 Å². The van der Waals surface area contributed by atoms with Gasteiger partial charge in [-0.1, -0.05) is 6.07 Å². The van der Waals surface area contributed by atoms with Gasteiger partial charge in [0.05, 0.1) is 0 Å². The first-order chi connectivity index (χ1) is 9.56. The van der Waals surface area contributed by atoms with Crippen LogP contribution < -0.4 is 9.80 Å². The highest BCUT2D eigenvalue weighted by atomic mass is 16.2. The minimum absolute atomic E-state index is 0.150. The van der Waals surface area contributed by atoms with Crippen LogP contribution in [0.4, 0.5) is 11.4 Å². The van der Waals surface area contributed by atoms with Crippen molar-refractivity contribution >= 4 is 17.3 Å². The van der Waals surface area contributed by atoms with Crippen molar-refractivity contribution in [3.8, 4) is 0 Å². The highest BCUT2D eigenvalue weighted by Gasteiger charge is 2.25. The summed E-state index contributed by atoms with van der Waals surface area (Å²) in [6, 6.07) is 4.50. The summed E-state index contributed by atoms with van der Waals surface area (Å²) in [6.07, 6.45) is 0.985. The molecular formula is C16H23N3O. The predicted octanol–water partition coefficient (Wildman–Crippen LogP) is 1.66. The molecule has 0 unspecified atom stereocenters. The Morgan fingerprint density at radius 3 is 2.40 bits per heavy atom. The summed E-state index contributed by atoms with van der Waals surface area (Å²) >= 11 is 0. The van der Waals surface area contributed by atoms with Crippen molar-refractivity contribution in [3.05, 3.63) is 23.3 Å². The number of carbonyl (C=O) groups is 1. The zero-order chi connectivity index (χ0) is 14.3. The Morgan fingerprint density at radius 2 is 1.75 bits per heavy atom. The van der Waals surface area contributed by atoms with Crippen molar-refractivity contribution < 1.29 is 4.79 Å². The number of hydrogen-bond donors (Lipinski definition) is 0. The number of piperazine rings is 1. The number of hydrogen-bond acceptors (Lipinski definition) is 3. The van der Waals surface area contributed by atoms with Gasteiger partial charge >= 0.3 is 0 Å². The first-order valence-electron chi connectivity index (χ1n) is 7.41. The molecule has 1 amide bonds. The van der Waals surface area contributed by atoms with Crippen LogP contribution in [0, 0.1) is 6.92 Å². The van der Waals surface area contributed by atoms with Crippen molar-refractivity contribution in [2.24, 2.45) is 0 Å². The number of carbonyl (C=O) groups excluding carboxylic acids is 1. The minimum atomic E-state index is 0.150. The van der Waals surface area contributed by atoms with Gasteiger partial charge in [0.15, 0.2) is 0 Å². The number of nitrogens with zero attached hydrogens (tertiary/aromatic N) is 3. The third-order valence-corrected chi connectivity index (χ3v) is 4.52. The summed E-state index contributed by atoms with van der Waals surface area (Å²) in [5.41, 5.74) is 5.07. The molecule has 4 nitrogen and oxygen atoms in total. The normalized spacial score (nSPS) is 19.4. The molecule has 1 aromatic carbocycles. The molecule has 2 heterocycles. The lowest BCUT2D eigenvalue weighted by Gasteiger charge is -2.35. The molecule has 0 aromatic heterocycles. The van der Waals surface area contributed by atoms with Gasteiger partial charge in [-0.25, -0.2) is 0 Å². The molecule has 1 fully saturated rings. The van der Waals surface area contributed by atoms with E-state index < -0.39 is 0 Å². The molecular weight excluding hydrogens is 250 g/mol. The molecule has 1 aromatic rings. The molecule has 0 radical (unpaired) electrons. The molecule has 0 atom stereocenters. The van der Waals surface area contributed by atoms with Gasteiger partial charge in [0.25, 0.3) is 0 Å². The van der Waals surface area contributed by atoms with Crippen molar-refractivity contribution in [2.45, 2.75) is 20.3 Å². The molecule has 2 aliphatic rings. The third kappa shape index (κ3) is 2.29. The lowest BCUT2D eigenvalue weighted by molar-refractivity contribution is -0.116. The fourth-order valence-corrected chi connectivity index (χ4v) is 3.26. The Bertz CT molecular complexity index is 533. The van der Waals surface area contributed by atoms with E-state index in [0.29, 0.717) is 0 Å². The number of rotatable bonds is 1. The van der Waals surface area contributed by atoms with Crippen LogP contribution in [-0.4, -0.2) is 50.6 Å². The summed E-state index contributed by atoms with van der Waals surface area (Å²) in [6.45, 7) is 9.01. The molecule has 1 saturated heterocycles. The average Bonchev–Trinajstić information content (AvgIpc) is 2.81. The number of likely N-dealkylation sites (N-methyl/N-ethyl adjacent to an activating group) is 1. The Morgan fingerprint density at radius 1 is 1.05 bits per heavy atom. The highest BCUT2D eigenvalue weighted by molar-refractivity contribution is 5.94. The lowest BCUT2D eigenvalue weighted by atomic mass is 10.1. The van der Waals surface area contributed by atoms with Crippen LogP contribution >= 0.6 is 0 Å². The van der Waals surface area contributed by atoms with E-state index in [1.807, 2.05) is 4.90 Å². The van der Waals surface area contributed by atoms with E-state index in [9.17, 15) is 4.79 Å². The molecule has 0 bridgehead atoms. The van der Waals surface area contributed by atoms with Gasteiger partial charge in [-0.05, 0) is 37.6 Å². The van der Waals surface area contributed by atoms with E-state index in [0.717, 1.165) is 44.8 Å². The quantitative estimate of drug-likeness (QED) is 0.778. The van der Waals surface area contributed by atoms with Gasteiger partial charge in [0.2, 0.25) is 5.91 Å². The number of benzene rings is 1. The van der Waals surface area contributed by atoms with Crippen LogP contribution in [0.1, 0.15) is 18.1 Å². The van der Waals surface area contributed by atoms with Gasteiger partial charge in [-0.3, -0.25) is 4.79 Å². The Labute approximate surface area is 121 Å². The fourth-order valence-electron chi connectivity index (χ4n) is 3.26. The van der Waals surface area contributed by atoms with Gasteiger partial charge in [-0.2, -0.15) is 0 Å². The Kier molecular flexibility index (Phi) is 3.42. The molecule has 2 aliphatic heterocycles. The van der Waals surface area contributed by atoms with E-state index in [4.69, 9.17) is 0 Å². The molecule has 3 rings (SSSR count). The second-order valence-corrected chi connectivity index (χ2v) is 5.98. The van der Waals surface area contributed by atoms with Crippen LogP contribution in [-0.2, 0) is 11.2 Å². The maximum atomic E-state index is 11.7. The largest absolute Gasteiger partial charge is 0.369 e. The topological polar surface area (TPSA) is 26.8 Å². The highest BCUT2D eigenvalue weighted by Crippen LogP contribution is 2.35. The van der Waals surface area contributed by atoms with Crippen LogP contribution in [0.3, 0.4) is 0 Å². The molecule has 0 aliphatic carbocycles. The molecule has 108 valence electrons. The van der Waals surface area contributed by atoms with Gasteiger partial charge in [0, 0.05) is 51.0 Å². The zero-order valence-corrected chi connectivity index (χ0v) is 12.6. The van der Waals surface area contributed by atoms with Crippen molar-refractivity contribution in [1.29, 1.82) is 0 Å². The van der Waals surface area contributed by atoms with E-state index in [1.165, 1.54) is 16.8 Å². The maximum Gasteiger partial charge on any atom is 0.223 e. The summed E-state index contributed by atoms with van der Waals surface area (Å²) in [5, 5.41) is 0.